The van der Waals surface area contributed by atoms with Crippen LogP contribution in [0.2, 0.25) is 0 Å². The number of likely N-dealkylation sites (tertiary alicyclic amines) is 1. The van der Waals surface area contributed by atoms with Crippen molar-refractivity contribution in [1.82, 2.24) is 25.0 Å². The zero-order chi connectivity index (χ0) is 18.9. The molecule has 1 aliphatic heterocycles. The van der Waals surface area contributed by atoms with Crippen LogP contribution in [0.5, 0.6) is 0 Å². The first-order chi connectivity index (χ1) is 13.3. The molecule has 1 aromatic carbocycles. The number of aromatic nitrogens is 3. The first kappa shape index (κ1) is 19.4. The predicted molar refractivity (Wildman–Crippen MR) is 110 cm³/mol. The molecule has 1 aromatic heterocycles. The van der Waals surface area contributed by atoms with Gasteiger partial charge in [0.1, 0.15) is 12.2 Å². The lowest BCUT2D eigenvalue weighted by molar-refractivity contribution is 0.273. The summed E-state index contributed by atoms with van der Waals surface area (Å²) >= 11 is 0. The lowest BCUT2D eigenvalue weighted by atomic mass is 10.00. The number of aliphatic imine (C=N–C) groups is 1. The molecule has 0 aliphatic carbocycles. The third kappa shape index (κ3) is 5.81. The molecule has 0 bridgehead atoms. The van der Waals surface area contributed by atoms with Gasteiger partial charge in [-0.15, -0.1) is 10.2 Å². The normalized spacial score (nSPS) is 15.9. The minimum atomic E-state index is 0.811. The number of guanidine groups is 1. The number of nitrogens with one attached hydrogen (secondary N) is 1. The molecule has 3 rings (SSSR count). The summed E-state index contributed by atoms with van der Waals surface area (Å²) in [6.45, 7) is 9.13. The Labute approximate surface area is 162 Å². The lowest BCUT2D eigenvalue weighted by Crippen LogP contribution is -2.46. The highest BCUT2D eigenvalue weighted by Gasteiger charge is 2.18. The van der Waals surface area contributed by atoms with Gasteiger partial charge in [0.15, 0.2) is 5.96 Å². The zero-order valence-electron chi connectivity index (χ0n) is 16.6. The number of aryl methyl sites for hydroxylation is 1. The topological polar surface area (TPSA) is 58.3 Å². The Morgan fingerprint density at radius 2 is 2.00 bits per heavy atom. The van der Waals surface area contributed by atoms with Crippen molar-refractivity contribution in [1.29, 1.82) is 0 Å². The van der Waals surface area contributed by atoms with E-state index in [2.05, 4.69) is 69.2 Å². The smallest absolute Gasteiger partial charge is 0.193 e. The van der Waals surface area contributed by atoms with Gasteiger partial charge < -0.3 is 14.8 Å². The van der Waals surface area contributed by atoms with E-state index < -0.39 is 0 Å². The van der Waals surface area contributed by atoms with E-state index in [-0.39, 0.29) is 0 Å². The van der Waals surface area contributed by atoms with Crippen LogP contribution in [-0.2, 0) is 19.4 Å². The molecule has 0 amide bonds. The first-order valence-electron chi connectivity index (χ1n) is 10.2. The number of rotatable bonds is 7. The quantitative estimate of drug-likeness (QED) is 0.603. The van der Waals surface area contributed by atoms with Gasteiger partial charge in [0.05, 0.1) is 0 Å². The fraction of sp³-hybridized carbons (Fsp3) is 0.571. The Morgan fingerprint density at radius 3 is 2.74 bits per heavy atom. The highest BCUT2D eigenvalue weighted by atomic mass is 15.3. The Balaban J connectivity index is 1.57. The van der Waals surface area contributed by atoms with E-state index in [0.717, 1.165) is 63.3 Å². The maximum absolute atomic E-state index is 4.92. The highest BCUT2D eigenvalue weighted by molar-refractivity contribution is 5.80. The maximum Gasteiger partial charge on any atom is 0.193 e. The van der Waals surface area contributed by atoms with Crippen molar-refractivity contribution >= 4 is 5.96 Å². The van der Waals surface area contributed by atoms with E-state index in [9.17, 15) is 0 Å². The lowest BCUT2D eigenvalue weighted by Gasteiger charge is -2.33. The number of hydrogen-bond donors (Lipinski definition) is 1. The molecule has 0 unspecified atom stereocenters. The molecule has 1 aliphatic rings. The fourth-order valence-corrected chi connectivity index (χ4v) is 3.45. The van der Waals surface area contributed by atoms with E-state index in [1.165, 1.54) is 18.4 Å². The van der Waals surface area contributed by atoms with Crippen molar-refractivity contribution in [2.24, 2.45) is 10.9 Å². The number of hydrogen-bond acceptors (Lipinski definition) is 3. The van der Waals surface area contributed by atoms with Crippen LogP contribution >= 0.6 is 0 Å². The average molecular weight is 369 g/mol. The molecule has 1 N–H and O–H groups in total. The molecule has 6 heteroatoms. The van der Waals surface area contributed by atoms with Crippen LogP contribution in [0.4, 0.5) is 0 Å². The molecule has 2 heterocycles. The van der Waals surface area contributed by atoms with E-state index in [4.69, 9.17) is 4.99 Å². The number of piperidine rings is 1. The van der Waals surface area contributed by atoms with Crippen molar-refractivity contribution in [3.8, 4) is 0 Å². The van der Waals surface area contributed by atoms with Crippen LogP contribution in [0.25, 0.3) is 0 Å². The van der Waals surface area contributed by atoms with Gasteiger partial charge in [0.25, 0.3) is 0 Å². The van der Waals surface area contributed by atoms with Crippen LogP contribution in [0, 0.1) is 5.92 Å². The van der Waals surface area contributed by atoms with E-state index in [0.29, 0.717) is 0 Å². The molecule has 0 atom stereocenters. The van der Waals surface area contributed by atoms with Crippen LogP contribution in [0.15, 0.2) is 41.7 Å². The minimum absolute atomic E-state index is 0.811. The molecule has 0 radical (unpaired) electrons. The second kappa shape index (κ2) is 10.1. The Bertz CT molecular complexity index is 700. The monoisotopic (exact) mass is 368 g/mol. The third-order valence-corrected chi connectivity index (χ3v) is 5.24. The largest absolute Gasteiger partial charge is 0.354 e. The van der Waals surface area contributed by atoms with Crippen molar-refractivity contribution in [3.05, 3.63) is 48.0 Å². The van der Waals surface area contributed by atoms with Gasteiger partial charge in [-0.3, -0.25) is 4.99 Å². The molecule has 6 nitrogen and oxygen atoms in total. The fourth-order valence-electron chi connectivity index (χ4n) is 3.45. The zero-order valence-corrected chi connectivity index (χ0v) is 16.6. The van der Waals surface area contributed by atoms with E-state index >= 15 is 0 Å². The molecule has 27 heavy (non-hydrogen) atoms. The van der Waals surface area contributed by atoms with Crippen LogP contribution in [-0.4, -0.2) is 51.8 Å². The standard InChI is InChI=1S/C21H32N6/c1-3-20-25-24-17-27(20)16-13-23-21(26-14-10-18(2)11-15-26)22-12-9-19-7-5-4-6-8-19/h4-8,17-18H,3,9-16H2,1-2H3,(H,22,23). The molecule has 1 saturated heterocycles. The van der Waals surface area contributed by atoms with Gasteiger partial charge >= 0.3 is 0 Å². The van der Waals surface area contributed by atoms with Crippen molar-refractivity contribution in [2.75, 3.05) is 26.2 Å². The van der Waals surface area contributed by atoms with Crippen LogP contribution in [0.3, 0.4) is 0 Å². The van der Waals surface area contributed by atoms with Gasteiger partial charge in [-0.1, -0.05) is 44.2 Å². The summed E-state index contributed by atoms with van der Waals surface area (Å²) in [6.07, 6.45) is 6.18. The molecule has 2 aromatic rings. The summed E-state index contributed by atoms with van der Waals surface area (Å²) in [7, 11) is 0. The third-order valence-electron chi connectivity index (χ3n) is 5.24. The molecular weight excluding hydrogens is 336 g/mol. The van der Waals surface area contributed by atoms with Crippen molar-refractivity contribution in [2.45, 2.75) is 46.1 Å². The van der Waals surface area contributed by atoms with Crippen LogP contribution < -0.4 is 5.32 Å². The molecule has 0 saturated carbocycles. The summed E-state index contributed by atoms with van der Waals surface area (Å²) in [4.78, 5) is 7.33. The van der Waals surface area contributed by atoms with E-state index in [1.54, 1.807) is 0 Å². The molecule has 1 fully saturated rings. The van der Waals surface area contributed by atoms with Gasteiger partial charge in [0, 0.05) is 39.1 Å². The Hall–Kier alpha value is -2.37. The Morgan fingerprint density at radius 1 is 1.22 bits per heavy atom. The van der Waals surface area contributed by atoms with Gasteiger partial charge in [-0.05, 0) is 30.7 Å². The van der Waals surface area contributed by atoms with Crippen LogP contribution in [0.1, 0.15) is 38.1 Å². The average Bonchev–Trinajstić information content (AvgIpc) is 3.16. The first-order valence-corrected chi connectivity index (χ1v) is 10.2. The molecular formula is C21H32N6. The summed E-state index contributed by atoms with van der Waals surface area (Å²) in [5, 5.41) is 11.8. The van der Waals surface area contributed by atoms with Crippen molar-refractivity contribution < 1.29 is 0 Å². The Kier molecular flexibility index (Phi) is 7.25. The number of nitrogens with zero attached hydrogens (tertiary/aromatic N) is 5. The minimum Gasteiger partial charge on any atom is -0.354 e. The van der Waals surface area contributed by atoms with Gasteiger partial charge in [-0.2, -0.15) is 0 Å². The summed E-state index contributed by atoms with van der Waals surface area (Å²) in [6, 6.07) is 10.6. The SMILES string of the molecule is CCc1nncn1CCNC(=NCCc1ccccc1)N1CCC(C)CC1. The maximum atomic E-state index is 4.92. The van der Waals surface area contributed by atoms with Gasteiger partial charge in [0.2, 0.25) is 0 Å². The summed E-state index contributed by atoms with van der Waals surface area (Å²) in [5.74, 6) is 2.89. The summed E-state index contributed by atoms with van der Waals surface area (Å²) in [5.41, 5.74) is 1.34. The van der Waals surface area contributed by atoms with Gasteiger partial charge in [-0.25, -0.2) is 0 Å². The van der Waals surface area contributed by atoms with Crippen molar-refractivity contribution in [3.63, 3.8) is 0 Å². The summed E-state index contributed by atoms with van der Waals surface area (Å²) < 4.78 is 2.12. The second-order valence-corrected chi connectivity index (χ2v) is 7.33. The second-order valence-electron chi connectivity index (χ2n) is 7.33. The molecule has 0 spiro atoms. The predicted octanol–water partition coefficient (Wildman–Crippen LogP) is 2.76. The number of benzene rings is 1. The van der Waals surface area contributed by atoms with E-state index in [1.807, 2.05) is 6.33 Å². The molecule has 146 valence electrons. The highest BCUT2D eigenvalue weighted by Crippen LogP contribution is 2.16.